The first-order valence-corrected chi connectivity index (χ1v) is 9.63. The zero-order valence-corrected chi connectivity index (χ0v) is 17.1. The maximum Gasteiger partial charge on any atom is 0.327 e. The number of carbonyl (C=O) groups excluding carboxylic acids is 4. The molecular weight excluding hydrogens is 368 g/mol. The quantitative estimate of drug-likeness (QED) is 0.202. The average Bonchev–Trinajstić information content (AvgIpc) is 2.80. The van der Waals surface area contributed by atoms with Crippen molar-refractivity contribution in [3.05, 3.63) is 12.2 Å². The summed E-state index contributed by atoms with van der Waals surface area (Å²) in [6.07, 6.45) is 0.0187. The van der Waals surface area contributed by atoms with E-state index in [1.165, 1.54) is 0 Å². The Labute approximate surface area is 165 Å². The molecule has 0 unspecified atom stereocenters. The summed E-state index contributed by atoms with van der Waals surface area (Å²) in [4.78, 5) is 51.1. The van der Waals surface area contributed by atoms with Crippen LogP contribution in [0.4, 0.5) is 0 Å². The second-order valence-electron chi connectivity index (χ2n) is 6.50. The van der Waals surface area contributed by atoms with Crippen LogP contribution in [0.3, 0.4) is 0 Å². The van der Waals surface area contributed by atoms with Crippen molar-refractivity contribution in [3.8, 4) is 0 Å². The zero-order chi connectivity index (χ0) is 21.4. The highest BCUT2D eigenvalue weighted by atomic mass is 16.6. The first-order valence-electron chi connectivity index (χ1n) is 9.63. The molecule has 0 spiro atoms. The van der Waals surface area contributed by atoms with Gasteiger partial charge in [0.05, 0.1) is 26.4 Å². The Hall–Kier alpha value is -2.38. The Morgan fingerprint density at radius 3 is 1.54 bits per heavy atom. The number of rotatable bonds is 8. The van der Waals surface area contributed by atoms with Crippen molar-refractivity contribution in [2.75, 3.05) is 26.4 Å². The van der Waals surface area contributed by atoms with Gasteiger partial charge in [0.2, 0.25) is 0 Å². The lowest BCUT2D eigenvalue weighted by Crippen LogP contribution is -2.45. The summed E-state index contributed by atoms with van der Waals surface area (Å²) in [5.41, 5.74) is -3.35. The summed E-state index contributed by atoms with van der Waals surface area (Å²) in [7, 11) is 0. The van der Waals surface area contributed by atoms with E-state index in [-0.39, 0.29) is 57.7 Å². The molecule has 8 nitrogen and oxygen atoms in total. The molecule has 1 aliphatic rings. The van der Waals surface area contributed by atoms with Crippen LogP contribution < -0.4 is 0 Å². The lowest BCUT2D eigenvalue weighted by molar-refractivity contribution is -0.174. The van der Waals surface area contributed by atoms with Gasteiger partial charge in [-0.05, 0) is 59.0 Å². The highest BCUT2D eigenvalue weighted by Crippen LogP contribution is 2.48. The van der Waals surface area contributed by atoms with Crippen LogP contribution >= 0.6 is 0 Å². The van der Waals surface area contributed by atoms with Crippen LogP contribution in [0.25, 0.3) is 0 Å². The fourth-order valence-electron chi connectivity index (χ4n) is 3.49. The molecule has 0 aromatic heterocycles. The van der Waals surface area contributed by atoms with E-state index in [0.717, 1.165) is 0 Å². The molecule has 0 radical (unpaired) electrons. The van der Waals surface area contributed by atoms with Gasteiger partial charge in [0.25, 0.3) is 0 Å². The first-order chi connectivity index (χ1) is 13.3. The second kappa shape index (κ2) is 10.2. The fraction of sp³-hybridized carbons (Fsp3) is 0.700. The number of carbonyl (C=O) groups is 4. The highest BCUT2D eigenvalue weighted by Gasteiger charge is 2.59. The second-order valence-corrected chi connectivity index (χ2v) is 6.50. The lowest BCUT2D eigenvalue weighted by Gasteiger charge is -2.32. The third-order valence-corrected chi connectivity index (χ3v) is 4.85. The van der Waals surface area contributed by atoms with Crippen LogP contribution in [0.2, 0.25) is 0 Å². The van der Waals surface area contributed by atoms with Crippen molar-refractivity contribution in [3.63, 3.8) is 0 Å². The SMILES string of the molecule is C=C1CC(C(=O)OCC)(C(=O)OCC)CCCC1(C(=O)OCC)C(=O)OCC. The average molecular weight is 398 g/mol. The number of esters is 4. The van der Waals surface area contributed by atoms with E-state index in [1.807, 2.05) is 0 Å². The Bertz CT molecular complexity index is 586. The van der Waals surface area contributed by atoms with Gasteiger partial charge in [0, 0.05) is 0 Å². The van der Waals surface area contributed by atoms with Crippen LogP contribution in [-0.2, 0) is 38.1 Å². The van der Waals surface area contributed by atoms with Gasteiger partial charge in [0.1, 0.15) is 0 Å². The van der Waals surface area contributed by atoms with Gasteiger partial charge >= 0.3 is 23.9 Å². The van der Waals surface area contributed by atoms with Gasteiger partial charge in [-0.25, -0.2) is 0 Å². The van der Waals surface area contributed by atoms with Gasteiger partial charge in [-0.1, -0.05) is 6.58 Å². The lowest BCUT2D eigenvalue weighted by atomic mass is 9.73. The molecule has 0 aromatic carbocycles. The van der Waals surface area contributed by atoms with E-state index in [1.54, 1.807) is 27.7 Å². The molecule has 0 bridgehead atoms. The smallest absolute Gasteiger partial charge is 0.327 e. The highest BCUT2D eigenvalue weighted by molar-refractivity contribution is 6.05. The Balaban J connectivity index is 3.45. The zero-order valence-electron chi connectivity index (χ0n) is 17.1. The summed E-state index contributed by atoms with van der Waals surface area (Å²) in [5.74, 6) is -3.08. The molecule has 0 amide bonds. The van der Waals surface area contributed by atoms with Crippen molar-refractivity contribution in [1.29, 1.82) is 0 Å². The monoisotopic (exact) mass is 398 g/mol. The summed E-state index contributed by atoms with van der Waals surface area (Å²) >= 11 is 0. The van der Waals surface area contributed by atoms with E-state index in [0.29, 0.717) is 0 Å². The molecule has 0 heterocycles. The maximum absolute atomic E-state index is 12.8. The van der Waals surface area contributed by atoms with Crippen LogP contribution in [0.15, 0.2) is 12.2 Å². The first kappa shape index (κ1) is 23.7. The van der Waals surface area contributed by atoms with E-state index >= 15 is 0 Å². The van der Waals surface area contributed by atoms with Crippen molar-refractivity contribution >= 4 is 23.9 Å². The molecule has 1 fully saturated rings. The minimum Gasteiger partial charge on any atom is -0.465 e. The molecule has 0 aliphatic heterocycles. The van der Waals surface area contributed by atoms with Crippen LogP contribution in [0.5, 0.6) is 0 Å². The van der Waals surface area contributed by atoms with Gasteiger partial charge in [-0.3, -0.25) is 19.2 Å². The number of hydrogen-bond donors (Lipinski definition) is 0. The standard InChI is InChI=1S/C20H30O8/c1-6-25-15(21)19(16(22)26-7-2)11-10-12-20(14(5)13-19,17(23)27-8-3)18(24)28-9-4/h5-13H2,1-4H3. The van der Waals surface area contributed by atoms with E-state index in [4.69, 9.17) is 18.9 Å². The number of hydrogen-bond acceptors (Lipinski definition) is 8. The summed E-state index contributed by atoms with van der Waals surface area (Å²) < 4.78 is 20.5. The van der Waals surface area contributed by atoms with Gasteiger partial charge < -0.3 is 18.9 Å². The minimum absolute atomic E-state index is 0.0179. The molecule has 1 saturated carbocycles. The van der Waals surface area contributed by atoms with Crippen LogP contribution in [-0.4, -0.2) is 50.3 Å². The molecule has 0 saturated heterocycles. The predicted molar refractivity (Wildman–Crippen MR) is 99.0 cm³/mol. The molecular formula is C20H30O8. The molecule has 0 aromatic rings. The van der Waals surface area contributed by atoms with E-state index < -0.39 is 34.7 Å². The van der Waals surface area contributed by atoms with Crippen molar-refractivity contribution < 1.29 is 38.1 Å². The summed E-state index contributed by atoms with van der Waals surface area (Å²) in [6.45, 7) is 10.7. The largest absolute Gasteiger partial charge is 0.465 e. The maximum atomic E-state index is 12.8. The van der Waals surface area contributed by atoms with Gasteiger partial charge in [-0.2, -0.15) is 0 Å². The number of ether oxygens (including phenoxy) is 4. The Morgan fingerprint density at radius 1 is 0.750 bits per heavy atom. The van der Waals surface area contributed by atoms with Gasteiger partial charge in [0.15, 0.2) is 10.8 Å². The minimum atomic E-state index is -1.77. The molecule has 8 heteroatoms. The fourth-order valence-corrected chi connectivity index (χ4v) is 3.49. The Kier molecular flexibility index (Phi) is 8.65. The van der Waals surface area contributed by atoms with Crippen molar-refractivity contribution in [2.24, 2.45) is 10.8 Å². The van der Waals surface area contributed by atoms with Crippen molar-refractivity contribution in [2.45, 2.75) is 53.4 Å². The molecule has 158 valence electrons. The molecule has 1 rings (SSSR count). The summed E-state index contributed by atoms with van der Waals surface area (Å²) in [5, 5.41) is 0. The molecule has 0 atom stereocenters. The van der Waals surface area contributed by atoms with Gasteiger partial charge in [-0.15, -0.1) is 0 Å². The topological polar surface area (TPSA) is 105 Å². The summed E-state index contributed by atoms with van der Waals surface area (Å²) in [6, 6.07) is 0. The van der Waals surface area contributed by atoms with E-state index in [9.17, 15) is 19.2 Å². The third kappa shape index (κ3) is 4.36. The van der Waals surface area contributed by atoms with Crippen LogP contribution in [0.1, 0.15) is 53.4 Å². The molecule has 0 N–H and O–H groups in total. The molecule has 1 aliphatic carbocycles. The Morgan fingerprint density at radius 2 is 1.14 bits per heavy atom. The third-order valence-electron chi connectivity index (χ3n) is 4.85. The van der Waals surface area contributed by atoms with Crippen molar-refractivity contribution in [1.82, 2.24) is 0 Å². The van der Waals surface area contributed by atoms with E-state index in [2.05, 4.69) is 6.58 Å². The van der Waals surface area contributed by atoms with Crippen LogP contribution in [0, 0.1) is 10.8 Å². The predicted octanol–water partition coefficient (Wildman–Crippen LogP) is 2.34. The molecule has 28 heavy (non-hydrogen) atoms. The normalized spacial score (nSPS) is 17.8.